The second kappa shape index (κ2) is 10.6. The molecule has 4 nitrogen and oxygen atoms in total. The number of likely N-dealkylation sites (tertiary alicyclic amines) is 2. The van der Waals surface area contributed by atoms with E-state index in [9.17, 15) is 35.5 Å². The zero-order valence-corrected chi connectivity index (χ0v) is 21.5. The Morgan fingerprint density at radius 1 is 0.975 bits per heavy atom. The Morgan fingerprint density at radius 2 is 1.62 bits per heavy atom. The summed E-state index contributed by atoms with van der Waals surface area (Å²) in [5.41, 5.74) is -1.40. The molecular weight excluding hydrogens is 541 g/mol. The van der Waals surface area contributed by atoms with Crippen molar-refractivity contribution < 1.29 is 44.9 Å². The van der Waals surface area contributed by atoms with Gasteiger partial charge in [-0.25, -0.2) is 9.18 Å². The number of quaternary nitrogens is 1. The molecule has 2 aliphatic heterocycles. The van der Waals surface area contributed by atoms with Gasteiger partial charge in [-0.2, -0.15) is 26.3 Å². The molecule has 2 fully saturated rings. The number of nitrogens with zero attached hydrogens (tertiary/aromatic N) is 1. The molecule has 3 aliphatic rings. The monoisotopic (exact) mass is 570 g/mol. The molecule has 0 spiro atoms. The van der Waals surface area contributed by atoms with Gasteiger partial charge in [0.1, 0.15) is 11.9 Å². The number of benzene rings is 2. The molecule has 0 saturated carbocycles. The third-order valence-corrected chi connectivity index (χ3v) is 8.36. The van der Waals surface area contributed by atoms with E-state index in [0.717, 1.165) is 25.1 Å². The first-order chi connectivity index (χ1) is 18.8. The number of alkyl halides is 6. The van der Waals surface area contributed by atoms with Gasteiger partial charge < -0.3 is 4.90 Å². The lowest BCUT2D eigenvalue weighted by Gasteiger charge is -2.38. The fraction of sp³-hybridized carbons (Fsp3) is 0.448. The molecule has 4 unspecified atom stereocenters. The minimum Gasteiger partial charge on any atom is -0.374 e. The summed E-state index contributed by atoms with van der Waals surface area (Å²) in [6.07, 6.45) is -6.30. The maximum absolute atomic E-state index is 13.8. The van der Waals surface area contributed by atoms with Crippen molar-refractivity contribution in [1.82, 2.24) is 4.90 Å². The number of hydrogen-bond acceptors (Lipinski definition) is 2. The van der Waals surface area contributed by atoms with Crippen molar-refractivity contribution >= 4 is 12.7 Å². The number of carbonyl (C=O) groups excluding carboxylic acids is 2. The van der Waals surface area contributed by atoms with E-state index < -0.39 is 47.7 Å². The van der Waals surface area contributed by atoms with Crippen LogP contribution in [0.2, 0.25) is 0 Å². The summed E-state index contributed by atoms with van der Waals surface area (Å²) in [5.74, 6) is -0.746. The molecule has 214 valence electrons. The van der Waals surface area contributed by atoms with Crippen LogP contribution >= 0.6 is 0 Å². The number of nitrogens with one attached hydrogen (secondary N) is 1. The van der Waals surface area contributed by atoms with Crippen LogP contribution in [0.3, 0.4) is 0 Å². The third-order valence-electron chi connectivity index (χ3n) is 8.36. The molecule has 1 amide bonds. The van der Waals surface area contributed by atoms with Gasteiger partial charge in [0.25, 0.3) is 12.9 Å². The minimum atomic E-state index is -5.00. The second-order valence-corrected chi connectivity index (χ2v) is 10.8. The Labute approximate surface area is 226 Å². The summed E-state index contributed by atoms with van der Waals surface area (Å²) in [6, 6.07) is 6.65. The van der Waals surface area contributed by atoms with Crippen LogP contribution in [0, 0.1) is 17.7 Å². The largest absolute Gasteiger partial charge is 0.416 e. The number of allylic oxidation sites excluding steroid dienone is 1. The van der Waals surface area contributed by atoms with Crippen molar-refractivity contribution in [2.75, 3.05) is 19.6 Å². The number of rotatable bonds is 5. The molecule has 40 heavy (non-hydrogen) atoms. The average molecular weight is 571 g/mol. The van der Waals surface area contributed by atoms with E-state index in [1.807, 2.05) is 6.08 Å². The molecule has 0 aromatic heterocycles. The number of fused-ring (bicyclic) bond motifs is 1. The highest BCUT2D eigenvalue weighted by Gasteiger charge is 2.50. The van der Waals surface area contributed by atoms with E-state index in [-0.39, 0.29) is 29.6 Å². The first kappa shape index (κ1) is 28.3. The molecule has 2 aromatic rings. The normalized spacial score (nSPS) is 26.9. The van der Waals surface area contributed by atoms with E-state index in [0.29, 0.717) is 42.1 Å². The number of hydrogen-bond donors (Lipinski definition) is 1. The van der Waals surface area contributed by atoms with Crippen LogP contribution in [0.4, 0.5) is 30.7 Å². The number of carbonyl (C=O) groups is 1. The van der Waals surface area contributed by atoms with Gasteiger partial charge in [0.2, 0.25) is 0 Å². The van der Waals surface area contributed by atoms with E-state index in [1.54, 1.807) is 12.1 Å². The summed E-state index contributed by atoms with van der Waals surface area (Å²) in [7, 11) is 0. The Balaban J connectivity index is 1.45. The fourth-order valence-electron chi connectivity index (χ4n) is 6.49. The summed E-state index contributed by atoms with van der Waals surface area (Å²) >= 11 is 0. The lowest BCUT2D eigenvalue weighted by molar-refractivity contribution is -0.867. The topological polar surface area (TPSA) is 36.0 Å². The van der Waals surface area contributed by atoms with Crippen molar-refractivity contribution in [3.05, 3.63) is 82.3 Å². The Morgan fingerprint density at radius 3 is 2.20 bits per heavy atom. The quantitative estimate of drug-likeness (QED) is 0.410. The SMILES string of the molecule is C=[O+]C1C=C(N2CC3CC[NH+](C(=O)Cc4cc(C(F)(F)F)cc(C(F)(F)F)c4)C(c4ccc(F)cc4)[C@@H]3C2)CC1. The predicted molar refractivity (Wildman–Crippen MR) is 132 cm³/mol. The lowest BCUT2D eigenvalue weighted by atomic mass is 9.78. The summed E-state index contributed by atoms with van der Waals surface area (Å²) in [6.45, 7) is 5.26. The summed E-state index contributed by atoms with van der Waals surface area (Å²) in [4.78, 5) is 16.3. The van der Waals surface area contributed by atoms with Crippen molar-refractivity contribution in [1.29, 1.82) is 0 Å². The molecule has 2 saturated heterocycles. The summed E-state index contributed by atoms with van der Waals surface area (Å²) in [5, 5.41) is 0. The lowest BCUT2D eigenvalue weighted by Crippen LogP contribution is -3.17. The zero-order chi connectivity index (χ0) is 28.8. The van der Waals surface area contributed by atoms with E-state index in [4.69, 9.17) is 4.42 Å². The molecular formula is C29H29F7N2O2+2. The first-order valence-electron chi connectivity index (χ1n) is 13.1. The highest BCUT2D eigenvalue weighted by Crippen LogP contribution is 2.40. The smallest absolute Gasteiger partial charge is 0.374 e. The van der Waals surface area contributed by atoms with Crippen LogP contribution in [-0.4, -0.2) is 43.3 Å². The van der Waals surface area contributed by atoms with Crippen LogP contribution < -0.4 is 4.90 Å². The van der Waals surface area contributed by atoms with Crippen LogP contribution in [0.5, 0.6) is 0 Å². The molecule has 0 radical (unpaired) electrons. The zero-order valence-electron chi connectivity index (χ0n) is 21.5. The molecule has 5 rings (SSSR count). The van der Waals surface area contributed by atoms with Gasteiger partial charge in [-0.3, -0.25) is 9.32 Å². The first-order valence-corrected chi connectivity index (χ1v) is 13.1. The third kappa shape index (κ3) is 5.80. The van der Waals surface area contributed by atoms with Crippen LogP contribution in [-0.2, 0) is 28.0 Å². The predicted octanol–water partition coefficient (Wildman–Crippen LogP) is 4.92. The van der Waals surface area contributed by atoms with Crippen molar-refractivity contribution in [3.63, 3.8) is 0 Å². The van der Waals surface area contributed by atoms with Crippen molar-refractivity contribution in [3.8, 4) is 0 Å². The van der Waals surface area contributed by atoms with Gasteiger partial charge in [-0.05, 0) is 48.2 Å². The molecule has 2 aromatic carbocycles. The average Bonchev–Trinajstić information content (AvgIpc) is 3.54. The standard InChI is InChI=1S/C29H28F7N2O2/c1-40-24-7-6-23(14-24)37-15-19-8-9-38(27(25(19)16-37)18-2-4-22(30)5-3-18)26(39)12-17-10-20(28(31,32)33)13-21(11-17)29(34,35)36/h2-5,10-11,13-14,19,24-25,27H,1,6-9,12,15-16H2/q+1/p+1/t19?,24?,25-,27?/m1/s1. The Kier molecular flexibility index (Phi) is 7.54. The molecule has 1 N–H and O–H groups in total. The van der Waals surface area contributed by atoms with E-state index >= 15 is 0 Å². The van der Waals surface area contributed by atoms with Gasteiger partial charge in [0, 0.05) is 49.2 Å². The highest BCUT2D eigenvalue weighted by atomic mass is 19.4. The van der Waals surface area contributed by atoms with E-state index in [1.165, 1.54) is 12.1 Å². The van der Waals surface area contributed by atoms with Gasteiger partial charge in [-0.1, -0.05) is 12.1 Å². The van der Waals surface area contributed by atoms with Crippen molar-refractivity contribution in [2.24, 2.45) is 11.8 Å². The Hall–Kier alpha value is -3.21. The molecule has 1 aliphatic carbocycles. The van der Waals surface area contributed by atoms with Gasteiger partial charge in [0.15, 0.2) is 0 Å². The maximum atomic E-state index is 13.8. The van der Waals surface area contributed by atoms with E-state index in [2.05, 4.69) is 11.7 Å². The maximum Gasteiger partial charge on any atom is 0.416 e. The minimum absolute atomic E-state index is 0.0222. The van der Waals surface area contributed by atoms with Gasteiger partial charge in [-0.15, -0.1) is 0 Å². The van der Waals surface area contributed by atoms with Crippen LogP contribution in [0.1, 0.15) is 47.6 Å². The molecule has 5 atom stereocenters. The van der Waals surface area contributed by atoms with Crippen LogP contribution in [0.25, 0.3) is 0 Å². The molecule has 2 heterocycles. The van der Waals surface area contributed by atoms with Gasteiger partial charge in [0.05, 0.1) is 24.1 Å². The number of piperidine rings is 1. The Bertz CT molecular complexity index is 1270. The molecule has 0 bridgehead atoms. The number of halogens is 7. The van der Waals surface area contributed by atoms with Gasteiger partial charge >= 0.3 is 18.3 Å². The highest BCUT2D eigenvalue weighted by molar-refractivity contribution is 5.70. The molecule has 11 heteroatoms. The van der Waals surface area contributed by atoms with Crippen LogP contribution in [0.15, 0.2) is 54.2 Å². The number of amides is 1. The van der Waals surface area contributed by atoms with Crippen molar-refractivity contribution in [2.45, 2.75) is 50.2 Å². The second-order valence-electron chi connectivity index (χ2n) is 10.8. The summed E-state index contributed by atoms with van der Waals surface area (Å²) < 4.78 is 99.4. The fourth-order valence-corrected chi connectivity index (χ4v) is 6.49.